The summed E-state index contributed by atoms with van der Waals surface area (Å²) in [6, 6.07) is 9.01. The molecule has 0 bridgehead atoms. The van der Waals surface area contributed by atoms with Crippen LogP contribution in [0.25, 0.3) is 0 Å². The molecule has 0 aliphatic carbocycles. The molecule has 0 spiro atoms. The van der Waals surface area contributed by atoms with Crippen molar-refractivity contribution in [2.45, 2.75) is 33.7 Å². The van der Waals surface area contributed by atoms with E-state index in [0.29, 0.717) is 11.4 Å². The van der Waals surface area contributed by atoms with Gasteiger partial charge in [0.05, 0.1) is 24.6 Å². The number of esters is 1. The normalized spacial score (nSPS) is 12.2. The second kappa shape index (κ2) is 8.65. The van der Waals surface area contributed by atoms with Crippen LogP contribution in [0.3, 0.4) is 0 Å². The summed E-state index contributed by atoms with van der Waals surface area (Å²) in [6.07, 6.45) is 1.06. The SMILES string of the molecule is COC(=O)c1ccc(C)c(NC(=O)[C@H](C)N(c2ccc(C)c(C)c2)S(C)(=O)=O)c1. The van der Waals surface area contributed by atoms with Crippen LogP contribution in [0.15, 0.2) is 36.4 Å². The number of anilines is 2. The molecule has 0 fully saturated rings. The fourth-order valence-corrected chi connectivity index (χ4v) is 4.08. The molecule has 2 aromatic carbocycles. The maximum atomic E-state index is 12.9. The summed E-state index contributed by atoms with van der Waals surface area (Å²) in [6.45, 7) is 7.10. The average Bonchev–Trinajstić information content (AvgIpc) is 2.64. The third kappa shape index (κ3) is 5.14. The van der Waals surface area contributed by atoms with Gasteiger partial charge in [0.1, 0.15) is 6.04 Å². The highest BCUT2D eigenvalue weighted by molar-refractivity contribution is 7.92. The Morgan fingerprint density at radius 3 is 2.17 bits per heavy atom. The molecule has 7 nitrogen and oxygen atoms in total. The average molecular weight is 419 g/mol. The number of ether oxygens (including phenoxy) is 1. The molecule has 0 radical (unpaired) electrons. The summed E-state index contributed by atoms with van der Waals surface area (Å²) in [5.74, 6) is -1.04. The van der Waals surface area contributed by atoms with Gasteiger partial charge in [-0.1, -0.05) is 12.1 Å². The molecule has 0 saturated heterocycles. The largest absolute Gasteiger partial charge is 0.465 e. The Morgan fingerprint density at radius 1 is 1.00 bits per heavy atom. The van der Waals surface area contributed by atoms with Crippen LogP contribution >= 0.6 is 0 Å². The van der Waals surface area contributed by atoms with Crippen molar-refractivity contribution < 1.29 is 22.7 Å². The van der Waals surface area contributed by atoms with E-state index in [1.807, 2.05) is 19.9 Å². The molecule has 1 N–H and O–H groups in total. The lowest BCUT2D eigenvalue weighted by Crippen LogP contribution is -2.45. The van der Waals surface area contributed by atoms with Gasteiger partial charge in [-0.15, -0.1) is 0 Å². The summed E-state index contributed by atoms with van der Waals surface area (Å²) >= 11 is 0. The number of amides is 1. The van der Waals surface area contributed by atoms with Crippen LogP contribution in [0.4, 0.5) is 11.4 Å². The predicted octanol–water partition coefficient (Wildman–Crippen LogP) is 3.19. The van der Waals surface area contributed by atoms with E-state index in [2.05, 4.69) is 5.32 Å². The fourth-order valence-electron chi connectivity index (χ4n) is 2.91. The number of rotatable bonds is 6. The van der Waals surface area contributed by atoms with Gasteiger partial charge in [-0.05, 0) is 68.7 Å². The molecule has 1 atom stereocenters. The Balaban J connectivity index is 2.37. The number of benzene rings is 2. The van der Waals surface area contributed by atoms with E-state index < -0.39 is 27.9 Å². The number of methoxy groups -OCH3 is 1. The summed E-state index contributed by atoms with van der Waals surface area (Å²) in [4.78, 5) is 24.7. The van der Waals surface area contributed by atoms with E-state index in [1.54, 1.807) is 31.2 Å². The molecule has 156 valence electrons. The number of nitrogens with one attached hydrogen (secondary N) is 1. The van der Waals surface area contributed by atoms with Crippen molar-refractivity contribution >= 4 is 33.3 Å². The summed E-state index contributed by atoms with van der Waals surface area (Å²) < 4.78 is 30.7. The second-order valence-corrected chi connectivity index (χ2v) is 8.87. The lowest BCUT2D eigenvalue weighted by molar-refractivity contribution is -0.116. The molecule has 0 unspecified atom stereocenters. The highest BCUT2D eigenvalue weighted by atomic mass is 32.2. The van der Waals surface area contributed by atoms with E-state index in [0.717, 1.165) is 27.3 Å². The minimum atomic E-state index is -3.72. The number of hydrogen-bond donors (Lipinski definition) is 1. The predicted molar refractivity (Wildman–Crippen MR) is 114 cm³/mol. The molecule has 0 aliphatic heterocycles. The first-order chi connectivity index (χ1) is 13.5. The second-order valence-electron chi connectivity index (χ2n) is 7.01. The van der Waals surface area contributed by atoms with E-state index in [4.69, 9.17) is 4.74 Å². The molecule has 0 saturated carbocycles. The summed E-state index contributed by atoms with van der Waals surface area (Å²) in [5, 5.41) is 2.72. The monoisotopic (exact) mass is 418 g/mol. The Kier molecular flexibility index (Phi) is 6.69. The highest BCUT2D eigenvalue weighted by Gasteiger charge is 2.29. The van der Waals surface area contributed by atoms with Crippen molar-refractivity contribution in [2.75, 3.05) is 23.0 Å². The number of nitrogens with zero attached hydrogens (tertiary/aromatic N) is 1. The van der Waals surface area contributed by atoms with E-state index in [1.165, 1.54) is 20.1 Å². The molecule has 0 heterocycles. The van der Waals surface area contributed by atoms with E-state index >= 15 is 0 Å². The minimum Gasteiger partial charge on any atom is -0.465 e. The van der Waals surface area contributed by atoms with Crippen molar-refractivity contribution in [1.29, 1.82) is 0 Å². The van der Waals surface area contributed by atoms with Crippen molar-refractivity contribution in [1.82, 2.24) is 0 Å². The topological polar surface area (TPSA) is 92.8 Å². The molecule has 29 heavy (non-hydrogen) atoms. The van der Waals surface area contributed by atoms with Gasteiger partial charge in [0.2, 0.25) is 15.9 Å². The van der Waals surface area contributed by atoms with Crippen LogP contribution in [0.5, 0.6) is 0 Å². The van der Waals surface area contributed by atoms with Crippen LogP contribution < -0.4 is 9.62 Å². The molecule has 0 aliphatic rings. The first-order valence-electron chi connectivity index (χ1n) is 9.02. The van der Waals surface area contributed by atoms with Gasteiger partial charge in [-0.25, -0.2) is 13.2 Å². The van der Waals surface area contributed by atoms with Gasteiger partial charge in [-0.2, -0.15) is 0 Å². The van der Waals surface area contributed by atoms with Gasteiger partial charge in [0.25, 0.3) is 0 Å². The zero-order valence-corrected chi connectivity index (χ0v) is 18.3. The van der Waals surface area contributed by atoms with Crippen LogP contribution in [0, 0.1) is 20.8 Å². The van der Waals surface area contributed by atoms with Crippen molar-refractivity contribution in [2.24, 2.45) is 0 Å². The van der Waals surface area contributed by atoms with Crippen molar-refractivity contribution in [3.05, 3.63) is 58.7 Å². The van der Waals surface area contributed by atoms with Crippen molar-refractivity contribution in [3.8, 4) is 0 Å². The van der Waals surface area contributed by atoms with Crippen molar-refractivity contribution in [3.63, 3.8) is 0 Å². The molecular formula is C21H26N2O5S. The third-order valence-electron chi connectivity index (χ3n) is 4.75. The van der Waals surface area contributed by atoms with Gasteiger partial charge < -0.3 is 10.1 Å². The van der Waals surface area contributed by atoms with Crippen LogP contribution in [0.2, 0.25) is 0 Å². The van der Waals surface area contributed by atoms with Gasteiger partial charge in [0.15, 0.2) is 0 Å². The highest BCUT2D eigenvalue weighted by Crippen LogP contribution is 2.25. The Bertz CT molecular complexity index is 1050. The number of carbonyl (C=O) groups excluding carboxylic acids is 2. The zero-order chi connectivity index (χ0) is 21.9. The van der Waals surface area contributed by atoms with E-state index in [9.17, 15) is 18.0 Å². The lowest BCUT2D eigenvalue weighted by Gasteiger charge is -2.29. The first-order valence-corrected chi connectivity index (χ1v) is 10.9. The Hall–Kier alpha value is -2.87. The van der Waals surface area contributed by atoms with Crippen LogP contribution in [-0.2, 0) is 19.6 Å². The molecule has 1 amide bonds. The number of hydrogen-bond acceptors (Lipinski definition) is 5. The third-order valence-corrected chi connectivity index (χ3v) is 5.99. The summed E-state index contributed by atoms with van der Waals surface area (Å²) in [7, 11) is -2.45. The molecule has 2 rings (SSSR count). The quantitative estimate of drug-likeness (QED) is 0.727. The number of aryl methyl sites for hydroxylation is 3. The van der Waals surface area contributed by atoms with Gasteiger partial charge in [-0.3, -0.25) is 9.10 Å². The number of carbonyl (C=O) groups is 2. The number of sulfonamides is 1. The maximum Gasteiger partial charge on any atom is 0.337 e. The molecule has 0 aromatic heterocycles. The lowest BCUT2D eigenvalue weighted by atomic mass is 10.1. The van der Waals surface area contributed by atoms with Gasteiger partial charge >= 0.3 is 5.97 Å². The van der Waals surface area contributed by atoms with Gasteiger partial charge in [0, 0.05) is 5.69 Å². The Morgan fingerprint density at radius 2 is 1.62 bits per heavy atom. The maximum absolute atomic E-state index is 12.9. The first kappa shape index (κ1) is 22.4. The molecule has 8 heteroatoms. The fraction of sp³-hybridized carbons (Fsp3) is 0.333. The zero-order valence-electron chi connectivity index (χ0n) is 17.4. The molecular weight excluding hydrogens is 392 g/mol. The Labute approximate surface area is 171 Å². The summed E-state index contributed by atoms with van der Waals surface area (Å²) in [5.41, 5.74) is 3.79. The molecule has 2 aromatic rings. The van der Waals surface area contributed by atoms with Crippen LogP contribution in [0.1, 0.15) is 34.0 Å². The smallest absolute Gasteiger partial charge is 0.337 e. The minimum absolute atomic E-state index is 0.287. The van der Waals surface area contributed by atoms with E-state index in [-0.39, 0.29) is 5.56 Å². The van der Waals surface area contributed by atoms with Crippen LogP contribution in [-0.4, -0.2) is 39.7 Å². The standard InChI is InChI=1S/C21H26N2O5S/c1-13-8-10-18(11-15(13)3)23(29(6,26)27)16(4)20(24)22-19-12-17(21(25)28-5)9-7-14(19)2/h7-12,16H,1-6H3,(H,22,24)/t16-/m0/s1.